The second kappa shape index (κ2) is 17.4. The fraction of sp³-hybridized carbons (Fsp3) is 0.575. The monoisotopic (exact) mass is 776 g/mol. The zero-order valence-corrected chi connectivity index (χ0v) is 34.2. The van der Waals surface area contributed by atoms with E-state index in [1.165, 1.54) is 29.4 Å². The summed E-state index contributed by atoms with van der Waals surface area (Å²) in [6, 6.07) is -1.49. The van der Waals surface area contributed by atoms with E-state index in [1.807, 2.05) is 49.9 Å². The van der Waals surface area contributed by atoms with Crippen LogP contribution in [-0.2, 0) is 14.3 Å². The Bertz CT molecular complexity index is 1830. The molecule has 0 radical (unpaired) electrons. The van der Waals surface area contributed by atoms with Crippen LogP contribution in [0.2, 0.25) is 0 Å². The maximum Gasteiger partial charge on any atom is 0.407 e. The minimum atomic E-state index is -0.682. The third kappa shape index (κ3) is 8.55. The second-order valence-corrected chi connectivity index (χ2v) is 17.7. The predicted octanol–water partition coefficient (Wildman–Crippen LogP) is 6.41. The average molecular weight is 777 g/mol. The third-order valence-corrected chi connectivity index (χ3v) is 13.4. The number of likely N-dealkylation sites (tertiary alicyclic amines) is 2. The summed E-state index contributed by atoms with van der Waals surface area (Å²) in [5.74, 6) is 1.48. The number of nitrogens with two attached hydrogens (primary N) is 1. The van der Waals surface area contributed by atoms with E-state index in [-0.39, 0.29) is 41.0 Å². The van der Waals surface area contributed by atoms with Crippen molar-refractivity contribution in [2.45, 2.75) is 101 Å². The molecule has 4 heterocycles. The Hall–Kier alpha value is -3.75. The Labute approximate surface area is 327 Å². The van der Waals surface area contributed by atoms with Crippen molar-refractivity contribution in [1.82, 2.24) is 35.1 Å². The SMILES string of the molecule is COC(=O)NC(C(=O)N1CC(SC)CC1c1ncc(C2=CC=C(C3=CC=C(c4cnc(C5CC(SC)CN5C(=O)C(N)C(C)C)[nH]4)CC3)CC2)[nH]1)C(C)C. The van der Waals surface area contributed by atoms with Gasteiger partial charge >= 0.3 is 6.09 Å². The number of rotatable bonds is 12. The summed E-state index contributed by atoms with van der Waals surface area (Å²) in [5.41, 5.74) is 13.4. The number of amides is 3. The van der Waals surface area contributed by atoms with Crippen LogP contribution in [0.5, 0.6) is 0 Å². The summed E-state index contributed by atoms with van der Waals surface area (Å²) in [4.78, 5) is 59.6. The smallest absolute Gasteiger partial charge is 0.407 e. The molecule has 14 heteroatoms. The number of hydrogen-bond donors (Lipinski definition) is 4. The van der Waals surface area contributed by atoms with Gasteiger partial charge in [0.15, 0.2) is 0 Å². The molecular weight excluding hydrogens is 721 g/mol. The van der Waals surface area contributed by atoms with Crippen molar-refractivity contribution >= 4 is 52.6 Å². The lowest BCUT2D eigenvalue weighted by molar-refractivity contribution is -0.136. The zero-order valence-electron chi connectivity index (χ0n) is 32.6. The number of aromatic amines is 2. The molecule has 3 amide bonds. The molecule has 2 aromatic rings. The number of carbonyl (C=O) groups excluding carboxylic acids is 3. The topological polar surface area (TPSA) is 162 Å². The highest BCUT2D eigenvalue weighted by Gasteiger charge is 2.42. The van der Waals surface area contributed by atoms with E-state index < -0.39 is 18.2 Å². The molecule has 4 aliphatic rings. The van der Waals surface area contributed by atoms with E-state index >= 15 is 0 Å². The van der Waals surface area contributed by atoms with Crippen LogP contribution in [0.3, 0.4) is 0 Å². The minimum Gasteiger partial charge on any atom is -0.453 e. The Kier molecular flexibility index (Phi) is 12.8. The van der Waals surface area contributed by atoms with Crippen molar-refractivity contribution < 1.29 is 19.1 Å². The number of nitrogens with zero attached hydrogens (tertiary/aromatic N) is 4. The number of hydrogen-bond acceptors (Lipinski definition) is 9. The van der Waals surface area contributed by atoms with Crippen LogP contribution in [0.25, 0.3) is 11.1 Å². The summed E-state index contributed by atoms with van der Waals surface area (Å²) in [6.07, 6.45) is 21.5. The van der Waals surface area contributed by atoms with Crippen LogP contribution < -0.4 is 11.1 Å². The van der Waals surface area contributed by atoms with Crippen molar-refractivity contribution in [2.24, 2.45) is 17.6 Å². The third-order valence-electron chi connectivity index (χ3n) is 11.4. The van der Waals surface area contributed by atoms with Crippen LogP contribution in [-0.4, -0.2) is 103 Å². The quantitative estimate of drug-likeness (QED) is 0.191. The number of allylic oxidation sites excluding steroid dienone is 8. The van der Waals surface area contributed by atoms with E-state index in [0.29, 0.717) is 18.3 Å². The largest absolute Gasteiger partial charge is 0.453 e. The van der Waals surface area contributed by atoms with Gasteiger partial charge < -0.3 is 35.6 Å². The summed E-state index contributed by atoms with van der Waals surface area (Å²) < 4.78 is 4.80. The van der Waals surface area contributed by atoms with Crippen LogP contribution in [0.1, 0.15) is 101 Å². The molecular formula is C40H56N8O4S2. The molecule has 0 aromatic carbocycles. The normalized spacial score (nSPS) is 24.3. The molecule has 292 valence electrons. The highest BCUT2D eigenvalue weighted by Crippen LogP contribution is 2.40. The Balaban J connectivity index is 1.13. The molecule has 2 aromatic heterocycles. The number of H-pyrrole nitrogens is 2. The first-order valence-corrected chi connectivity index (χ1v) is 21.7. The molecule has 54 heavy (non-hydrogen) atoms. The standard InChI is InChI=1S/C40H56N8O4S2/c1-22(2)34(41)38(49)47-20-28(53-6)16-32(47)36-42-18-30(44-36)26-12-8-24(9-13-26)25-10-14-27(15-11-25)31-19-43-37(45-31)33-17-29(54-7)21-48(33)39(50)35(23(3)4)46-40(51)52-5/h8,10,12,14,18-19,22-23,28-29,32-35H,9,11,13,15-17,20-21,41H2,1-7H3,(H,42,44)(H,43,45)(H,46,51). The molecule has 6 atom stereocenters. The van der Waals surface area contributed by atoms with Gasteiger partial charge in [0.05, 0.1) is 49.0 Å². The summed E-state index contributed by atoms with van der Waals surface area (Å²) >= 11 is 3.54. The predicted molar refractivity (Wildman–Crippen MR) is 217 cm³/mol. The van der Waals surface area contributed by atoms with Crippen LogP contribution in [0.4, 0.5) is 4.79 Å². The van der Waals surface area contributed by atoms with Gasteiger partial charge in [-0.2, -0.15) is 23.5 Å². The van der Waals surface area contributed by atoms with Crippen molar-refractivity contribution in [3.05, 3.63) is 70.9 Å². The van der Waals surface area contributed by atoms with E-state index in [2.05, 4.69) is 52.1 Å². The average Bonchev–Trinajstić information content (AvgIpc) is 4.01. The molecule has 5 N–H and O–H groups in total. The van der Waals surface area contributed by atoms with E-state index in [0.717, 1.165) is 61.6 Å². The number of ether oxygens (including phenoxy) is 1. The van der Waals surface area contributed by atoms with Gasteiger partial charge in [-0.05, 0) is 85.2 Å². The number of aromatic nitrogens is 4. The summed E-state index contributed by atoms with van der Waals surface area (Å²) in [7, 11) is 1.31. The van der Waals surface area contributed by atoms with Crippen molar-refractivity contribution in [3.63, 3.8) is 0 Å². The molecule has 2 aliphatic heterocycles. The van der Waals surface area contributed by atoms with Gasteiger partial charge in [-0.15, -0.1) is 0 Å². The first kappa shape index (κ1) is 39.9. The van der Waals surface area contributed by atoms with E-state index in [9.17, 15) is 14.4 Å². The van der Waals surface area contributed by atoms with Gasteiger partial charge in [-0.3, -0.25) is 9.59 Å². The van der Waals surface area contributed by atoms with Gasteiger partial charge in [-0.1, -0.05) is 52.0 Å². The number of nitrogens with one attached hydrogen (secondary N) is 3. The Morgan fingerprint density at radius 2 is 1.20 bits per heavy atom. The summed E-state index contributed by atoms with van der Waals surface area (Å²) in [5, 5.41) is 3.38. The highest BCUT2D eigenvalue weighted by atomic mass is 32.2. The zero-order chi connectivity index (χ0) is 38.7. The fourth-order valence-electron chi connectivity index (χ4n) is 7.89. The van der Waals surface area contributed by atoms with Crippen LogP contribution in [0.15, 0.2) is 47.8 Å². The lowest BCUT2D eigenvalue weighted by atomic mass is 9.86. The summed E-state index contributed by atoms with van der Waals surface area (Å²) in [6.45, 7) is 9.12. The van der Waals surface area contributed by atoms with Crippen molar-refractivity contribution in [1.29, 1.82) is 0 Å². The van der Waals surface area contributed by atoms with Crippen molar-refractivity contribution in [2.75, 3.05) is 32.7 Å². The minimum absolute atomic E-state index is 0.00257. The molecule has 6 rings (SSSR count). The lowest BCUT2D eigenvalue weighted by Gasteiger charge is -2.30. The van der Waals surface area contributed by atoms with E-state index in [4.69, 9.17) is 20.4 Å². The second-order valence-electron chi connectivity index (χ2n) is 15.5. The number of methoxy groups -OCH3 is 1. The molecule has 0 bridgehead atoms. The van der Waals surface area contributed by atoms with Gasteiger partial charge in [0, 0.05) is 23.6 Å². The molecule has 2 fully saturated rings. The first-order chi connectivity index (χ1) is 25.9. The number of thioether (sulfide) groups is 2. The van der Waals surface area contributed by atoms with Crippen molar-refractivity contribution in [3.8, 4) is 0 Å². The number of carbonyl (C=O) groups is 3. The molecule has 2 saturated heterocycles. The molecule has 12 nitrogen and oxygen atoms in total. The molecule has 2 aliphatic carbocycles. The van der Waals surface area contributed by atoms with Crippen LogP contribution >= 0.6 is 23.5 Å². The molecule has 0 spiro atoms. The fourth-order valence-corrected chi connectivity index (χ4v) is 9.26. The van der Waals surface area contributed by atoms with Gasteiger partial charge in [-0.25, -0.2) is 14.8 Å². The first-order valence-electron chi connectivity index (χ1n) is 19.1. The number of imidazole rings is 2. The highest BCUT2D eigenvalue weighted by molar-refractivity contribution is 7.99. The number of alkyl carbamates (subject to hydrolysis) is 1. The van der Waals surface area contributed by atoms with E-state index in [1.54, 1.807) is 23.5 Å². The Morgan fingerprint density at radius 1 is 0.759 bits per heavy atom. The van der Waals surface area contributed by atoms with Crippen LogP contribution in [0, 0.1) is 11.8 Å². The maximum atomic E-state index is 13.8. The van der Waals surface area contributed by atoms with Gasteiger partial charge in [0.25, 0.3) is 0 Å². The van der Waals surface area contributed by atoms with Gasteiger partial charge in [0.1, 0.15) is 17.7 Å². The molecule has 6 unspecified atom stereocenters. The maximum absolute atomic E-state index is 13.8. The van der Waals surface area contributed by atoms with Gasteiger partial charge in [0.2, 0.25) is 11.8 Å². The Morgan fingerprint density at radius 3 is 1.59 bits per heavy atom. The molecule has 0 saturated carbocycles. The lowest BCUT2D eigenvalue weighted by Crippen LogP contribution is -2.51.